The predicted molar refractivity (Wildman–Crippen MR) is 122 cm³/mol. The van der Waals surface area contributed by atoms with Gasteiger partial charge in [0.25, 0.3) is 5.89 Å². The van der Waals surface area contributed by atoms with E-state index in [4.69, 9.17) is 4.42 Å². The number of aryl methyl sites for hydroxylation is 1. The number of urea groups is 1. The second kappa shape index (κ2) is 9.22. The van der Waals surface area contributed by atoms with Crippen LogP contribution in [0, 0.1) is 12.7 Å². The minimum Gasteiger partial charge on any atom is -0.421 e. The zero-order valence-corrected chi connectivity index (χ0v) is 18.6. The van der Waals surface area contributed by atoms with Crippen LogP contribution in [0.2, 0.25) is 0 Å². The molecule has 2 saturated heterocycles. The molecule has 0 unspecified atom stereocenters. The number of anilines is 1. The van der Waals surface area contributed by atoms with Crippen LogP contribution in [-0.4, -0.2) is 58.3 Å². The first-order valence-electron chi connectivity index (χ1n) is 11.2. The van der Waals surface area contributed by atoms with Crippen molar-refractivity contribution in [1.29, 1.82) is 0 Å². The molecule has 3 N–H and O–H groups in total. The molecule has 0 radical (unpaired) electrons. The number of nitrogens with zero attached hydrogens (tertiary/aromatic N) is 3. The molecule has 3 heterocycles. The summed E-state index contributed by atoms with van der Waals surface area (Å²) in [4.78, 5) is 27.1. The van der Waals surface area contributed by atoms with Crippen LogP contribution in [0.1, 0.15) is 17.9 Å². The average Bonchev–Trinajstić information content (AvgIpc) is 3.45. The molecule has 2 aromatic carbocycles. The molecule has 2 aliphatic heterocycles. The van der Waals surface area contributed by atoms with E-state index in [0.717, 1.165) is 11.3 Å². The molecule has 0 saturated carbocycles. The van der Waals surface area contributed by atoms with Crippen LogP contribution < -0.4 is 16.0 Å². The van der Waals surface area contributed by atoms with Crippen molar-refractivity contribution in [2.45, 2.75) is 37.9 Å². The number of amides is 3. The summed E-state index contributed by atoms with van der Waals surface area (Å²) in [6, 6.07) is 12.9. The number of carbonyl (C=O) groups excluding carboxylic acids is 2. The molecule has 3 atom stereocenters. The molecule has 10 heteroatoms. The maximum Gasteiger partial charge on any atom is 0.319 e. The van der Waals surface area contributed by atoms with E-state index in [1.54, 1.807) is 18.2 Å². The van der Waals surface area contributed by atoms with Crippen molar-refractivity contribution < 1.29 is 18.4 Å². The van der Waals surface area contributed by atoms with Gasteiger partial charge in [0.1, 0.15) is 5.82 Å². The van der Waals surface area contributed by atoms with Crippen LogP contribution >= 0.6 is 0 Å². The fourth-order valence-electron chi connectivity index (χ4n) is 4.61. The van der Waals surface area contributed by atoms with Gasteiger partial charge >= 0.3 is 6.03 Å². The van der Waals surface area contributed by atoms with Crippen LogP contribution in [0.3, 0.4) is 0 Å². The van der Waals surface area contributed by atoms with Crippen molar-refractivity contribution in [3.63, 3.8) is 0 Å². The lowest BCUT2D eigenvalue weighted by Crippen LogP contribution is -2.58. The number of aromatic nitrogens is 2. The summed E-state index contributed by atoms with van der Waals surface area (Å²) < 4.78 is 19.8. The highest BCUT2D eigenvalue weighted by Gasteiger charge is 2.44. The summed E-state index contributed by atoms with van der Waals surface area (Å²) in [5.74, 6) is 0.00255. The van der Waals surface area contributed by atoms with E-state index in [0.29, 0.717) is 31.8 Å². The topological polar surface area (TPSA) is 112 Å². The Hall–Kier alpha value is -3.79. The van der Waals surface area contributed by atoms with E-state index in [1.165, 1.54) is 6.07 Å². The second-order valence-electron chi connectivity index (χ2n) is 8.64. The third kappa shape index (κ3) is 4.49. The Kier molecular flexibility index (Phi) is 5.97. The van der Waals surface area contributed by atoms with Crippen molar-refractivity contribution in [2.24, 2.45) is 0 Å². The van der Waals surface area contributed by atoms with Crippen molar-refractivity contribution in [3.05, 3.63) is 65.8 Å². The average molecular weight is 465 g/mol. The number of carbonyl (C=O) groups is 2. The minimum absolute atomic E-state index is 0.0579. The highest BCUT2D eigenvalue weighted by molar-refractivity contribution is 5.90. The van der Waals surface area contributed by atoms with Gasteiger partial charge in [-0.3, -0.25) is 9.69 Å². The fraction of sp³-hybridized carbons (Fsp3) is 0.333. The maximum atomic E-state index is 14.0. The van der Waals surface area contributed by atoms with Gasteiger partial charge in [-0.05, 0) is 37.1 Å². The molecule has 2 fully saturated rings. The molecule has 0 spiro atoms. The van der Waals surface area contributed by atoms with E-state index in [2.05, 4.69) is 31.0 Å². The lowest BCUT2D eigenvalue weighted by molar-refractivity contribution is -0.129. The first-order chi connectivity index (χ1) is 16.5. The Morgan fingerprint density at radius 2 is 2.00 bits per heavy atom. The summed E-state index contributed by atoms with van der Waals surface area (Å²) in [5.41, 5.74) is 1.96. The number of nitrogens with one attached hydrogen (secondary N) is 3. The zero-order chi connectivity index (χ0) is 23.7. The van der Waals surface area contributed by atoms with Gasteiger partial charge in [-0.15, -0.1) is 10.2 Å². The Balaban J connectivity index is 1.24. The Morgan fingerprint density at radius 3 is 2.82 bits per heavy atom. The van der Waals surface area contributed by atoms with Gasteiger partial charge in [0, 0.05) is 37.3 Å². The van der Waals surface area contributed by atoms with Gasteiger partial charge in [0.15, 0.2) is 0 Å². The third-order valence-corrected chi connectivity index (χ3v) is 6.33. The molecule has 5 rings (SSSR count). The van der Waals surface area contributed by atoms with Crippen molar-refractivity contribution in [2.75, 3.05) is 18.4 Å². The van der Waals surface area contributed by atoms with Crippen LogP contribution in [0.4, 0.5) is 14.9 Å². The van der Waals surface area contributed by atoms with Crippen molar-refractivity contribution in [1.82, 2.24) is 25.7 Å². The third-order valence-electron chi connectivity index (χ3n) is 6.33. The van der Waals surface area contributed by atoms with Gasteiger partial charge in [0.2, 0.25) is 11.8 Å². The van der Waals surface area contributed by atoms with E-state index in [-0.39, 0.29) is 41.5 Å². The number of piperazine rings is 1. The van der Waals surface area contributed by atoms with Gasteiger partial charge in [-0.25, -0.2) is 9.18 Å². The second-order valence-corrected chi connectivity index (χ2v) is 8.64. The quantitative estimate of drug-likeness (QED) is 0.535. The highest BCUT2D eigenvalue weighted by atomic mass is 19.1. The predicted octanol–water partition coefficient (Wildman–Crippen LogP) is 2.49. The summed E-state index contributed by atoms with van der Waals surface area (Å²) in [6.45, 7) is 2.88. The molecule has 0 aliphatic carbocycles. The number of halogens is 1. The molecule has 9 nitrogen and oxygen atoms in total. The molecular weight excluding hydrogens is 439 g/mol. The standard InChI is InChI=1S/C24H25FN6O3/c1-14-6-2-5-9-19(14)28-24(33)27-15-10-20-22(32)26-12-16(31(20)13-15)11-21-29-30-23(34-21)17-7-3-4-8-18(17)25/h2-9,15-16,20H,10-13H2,1H3,(H,26,32)(H2,27,28,33)/t15-,16+,20-/m0/s1. The molecule has 3 amide bonds. The van der Waals surface area contributed by atoms with E-state index in [9.17, 15) is 14.0 Å². The maximum absolute atomic E-state index is 14.0. The monoisotopic (exact) mass is 464 g/mol. The number of rotatable bonds is 5. The molecule has 34 heavy (non-hydrogen) atoms. The SMILES string of the molecule is Cc1ccccc1NC(=O)N[C@H]1C[C@H]2C(=O)NC[C@@H](Cc3nnc(-c4ccccc4F)o3)N2C1. The lowest BCUT2D eigenvalue weighted by atomic mass is 10.1. The van der Waals surface area contributed by atoms with Gasteiger partial charge in [0.05, 0.1) is 11.6 Å². The number of fused-ring (bicyclic) bond motifs is 1. The molecule has 3 aromatic rings. The summed E-state index contributed by atoms with van der Waals surface area (Å²) in [6.07, 6.45) is 0.911. The normalized spacial score (nSPS) is 22.2. The van der Waals surface area contributed by atoms with Crippen LogP contribution in [-0.2, 0) is 11.2 Å². The van der Waals surface area contributed by atoms with Gasteiger partial charge in [-0.1, -0.05) is 30.3 Å². The molecular formula is C24H25FN6O3. The number of para-hydroxylation sites is 1. The van der Waals surface area contributed by atoms with Crippen LogP contribution in [0.25, 0.3) is 11.5 Å². The molecule has 176 valence electrons. The summed E-state index contributed by atoms with van der Waals surface area (Å²) >= 11 is 0. The molecule has 2 aliphatic rings. The number of benzene rings is 2. The number of hydrogen-bond donors (Lipinski definition) is 3. The van der Waals surface area contributed by atoms with Crippen molar-refractivity contribution in [3.8, 4) is 11.5 Å². The zero-order valence-electron chi connectivity index (χ0n) is 18.6. The van der Waals surface area contributed by atoms with E-state index in [1.807, 2.05) is 31.2 Å². The largest absolute Gasteiger partial charge is 0.421 e. The van der Waals surface area contributed by atoms with Gasteiger partial charge < -0.3 is 20.4 Å². The van der Waals surface area contributed by atoms with Crippen LogP contribution in [0.5, 0.6) is 0 Å². The van der Waals surface area contributed by atoms with Gasteiger partial charge in [-0.2, -0.15) is 0 Å². The highest BCUT2D eigenvalue weighted by Crippen LogP contribution is 2.27. The van der Waals surface area contributed by atoms with E-state index >= 15 is 0 Å². The summed E-state index contributed by atoms with van der Waals surface area (Å²) in [5, 5.41) is 16.9. The van der Waals surface area contributed by atoms with Crippen molar-refractivity contribution >= 4 is 17.6 Å². The first kappa shape index (κ1) is 22.0. The Bertz CT molecular complexity index is 1210. The van der Waals surface area contributed by atoms with Crippen LogP contribution in [0.15, 0.2) is 52.9 Å². The lowest BCUT2D eigenvalue weighted by Gasteiger charge is -2.36. The minimum atomic E-state index is -0.430. The Labute approximate surface area is 195 Å². The smallest absolute Gasteiger partial charge is 0.319 e. The first-order valence-corrected chi connectivity index (χ1v) is 11.2. The van der Waals surface area contributed by atoms with E-state index < -0.39 is 5.82 Å². The summed E-state index contributed by atoms with van der Waals surface area (Å²) in [7, 11) is 0. The molecule has 0 bridgehead atoms. The number of hydrogen-bond acceptors (Lipinski definition) is 6. The Morgan fingerprint density at radius 1 is 1.21 bits per heavy atom. The molecule has 1 aromatic heterocycles. The fourth-order valence-corrected chi connectivity index (χ4v) is 4.61.